The highest BCUT2D eigenvalue weighted by Gasteiger charge is 2.21. The van der Waals surface area contributed by atoms with Crippen LogP contribution in [0.25, 0.3) is 0 Å². The zero-order chi connectivity index (χ0) is 12.8. The van der Waals surface area contributed by atoms with Crippen molar-refractivity contribution in [2.45, 2.75) is 24.2 Å². The molecule has 0 spiro atoms. The number of alkyl halides is 1. The van der Waals surface area contributed by atoms with Crippen LogP contribution in [0.5, 0.6) is 0 Å². The molecule has 0 aliphatic heterocycles. The zero-order valence-electron chi connectivity index (χ0n) is 9.39. The molecule has 0 heterocycles. The molecule has 0 saturated heterocycles. The number of hydrogen-bond acceptors (Lipinski definition) is 2. The van der Waals surface area contributed by atoms with Gasteiger partial charge in [0.15, 0.2) is 0 Å². The van der Waals surface area contributed by atoms with Crippen molar-refractivity contribution in [2.24, 2.45) is 0 Å². The van der Waals surface area contributed by atoms with Crippen LogP contribution in [0.2, 0.25) is 0 Å². The molecule has 1 rings (SSSR count). The van der Waals surface area contributed by atoms with Gasteiger partial charge in [0.05, 0.1) is 4.83 Å². The Bertz CT molecular complexity index is 392. The fourth-order valence-electron chi connectivity index (χ4n) is 1.34. The second kappa shape index (κ2) is 6.39. The first-order chi connectivity index (χ1) is 8.00. The Balaban J connectivity index is 2.68. The van der Waals surface area contributed by atoms with Gasteiger partial charge in [-0.15, -0.1) is 0 Å². The molecule has 1 aromatic rings. The van der Waals surface area contributed by atoms with Crippen molar-refractivity contribution in [3.05, 3.63) is 35.9 Å². The molecule has 92 valence electrons. The van der Waals surface area contributed by atoms with Gasteiger partial charge < -0.3 is 10.4 Å². The van der Waals surface area contributed by atoms with Crippen molar-refractivity contribution >= 4 is 27.8 Å². The highest BCUT2D eigenvalue weighted by molar-refractivity contribution is 9.10. The summed E-state index contributed by atoms with van der Waals surface area (Å²) in [6, 6.07) is 8.30. The van der Waals surface area contributed by atoms with Gasteiger partial charge in [0.1, 0.15) is 6.04 Å². The van der Waals surface area contributed by atoms with Gasteiger partial charge in [0.2, 0.25) is 5.91 Å². The summed E-state index contributed by atoms with van der Waals surface area (Å²) in [4.78, 5) is 22.1. The van der Waals surface area contributed by atoms with E-state index in [0.717, 1.165) is 5.56 Å². The molecule has 0 aliphatic rings. The molecular formula is C12H14BrNO3. The van der Waals surface area contributed by atoms with Crippen LogP contribution < -0.4 is 5.32 Å². The van der Waals surface area contributed by atoms with Crippen LogP contribution in [-0.2, 0) is 16.0 Å². The van der Waals surface area contributed by atoms with Gasteiger partial charge in [0.25, 0.3) is 0 Å². The molecule has 5 heteroatoms. The van der Waals surface area contributed by atoms with Crippen LogP contribution in [0, 0.1) is 0 Å². The fourth-order valence-corrected chi connectivity index (χ4v) is 1.47. The van der Waals surface area contributed by atoms with Crippen molar-refractivity contribution in [1.82, 2.24) is 5.32 Å². The van der Waals surface area contributed by atoms with Gasteiger partial charge in [-0.05, 0) is 12.5 Å². The molecule has 17 heavy (non-hydrogen) atoms. The summed E-state index contributed by atoms with van der Waals surface area (Å²) < 4.78 is 0. The third kappa shape index (κ3) is 4.56. The first kappa shape index (κ1) is 13.7. The Hall–Kier alpha value is -1.36. The lowest BCUT2D eigenvalue weighted by molar-refractivity contribution is -0.141. The summed E-state index contributed by atoms with van der Waals surface area (Å²) >= 11 is 3.10. The van der Waals surface area contributed by atoms with Crippen LogP contribution in [0.4, 0.5) is 0 Å². The maximum absolute atomic E-state index is 11.4. The van der Waals surface area contributed by atoms with E-state index >= 15 is 0 Å². The number of carboxylic acid groups (broad SMARTS) is 1. The molecule has 2 atom stereocenters. The molecule has 0 unspecified atom stereocenters. The number of carbonyl (C=O) groups is 2. The second-order valence-corrected chi connectivity index (χ2v) is 5.08. The van der Waals surface area contributed by atoms with E-state index < -0.39 is 16.8 Å². The summed E-state index contributed by atoms with van der Waals surface area (Å²) in [6.07, 6.45) is 0.279. The van der Waals surface area contributed by atoms with E-state index in [9.17, 15) is 9.59 Å². The molecule has 0 fully saturated rings. The zero-order valence-corrected chi connectivity index (χ0v) is 11.0. The summed E-state index contributed by atoms with van der Waals surface area (Å²) in [5.74, 6) is -1.36. The minimum atomic E-state index is -1.03. The third-order valence-electron chi connectivity index (χ3n) is 2.26. The number of carboxylic acids is 1. The van der Waals surface area contributed by atoms with Gasteiger partial charge in [-0.2, -0.15) is 0 Å². The molecule has 0 radical (unpaired) electrons. The van der Waals surface area contributed by atoms with E-state index in [2.05, 4.69) is 21.2 Å². The Kier molecular flexibility index (Phi) is 5.15. The Morgan fingerprint density at radius 3 is 2.41 bits per heavy atom. The first-order valence-corrected chi connectivity index (χ1v) is 6.13. The maximum Gasteiger partial charge on any atom is 0.326 e. The summed E-state index contributed by atoms with van der Waals surface area (Å²) in [5, 5.41) is 11.5. The number of halogens is 1. The lowest BCUT2D eigenvalue weighted by Gasteiger charge is -2.15. The van der Waals surface area contributed by atoms with Gasteiger partial charge in [-0.1, -0.05) is 46.3 Å². The Morgan fingerprint density at radius 1 is 1.35 bits per heavy atom. The highest BCUT2D eigenvalue weighted by atomic mass is 79.9. The van der Waals surface area contributed by atoms with E-state index in [0.29, 0.717) is 0 Å². The molecule has 0 aromatic heterocycles. The number of carbonyl (C=O) groups excluding carboxylic acids is 1. The van der Waals surface area contributed by atoms with E-state index in [1.54, 1.807) is 6.92 Å². The van der Waals surface area contributed by atoms with Crippen LogP contribution >= 0.6 is 15.9 Å². The smallest absolute Gasteiger partial charge is 0.326 e. The summed E-state index contributed by atoms with van der Waals surface area (Å²) in [5.41, 5.74) is 0.877. The minimum Gasteiger partial charge on any atom is -0.480 e. The first-order valence-electron chi connectivity index (χ1n) is 5.22. The van der Waals surface area contributed by atoms with Crippen LogP contribution in [0.3, 0.4) is 0 Å². The molecule has 0 aliphatic carbocycles. The van der Waals surface area contributed by atoms with E-state index in [1.807, 2.05) is 30.3 Å². The lowest BCUT2D eigenvalue weighted by atomic mass is 10.1. The number of nitrogens with one attached hydrogen (secondary N) is 1. The fraction of sp³-hybridized carbons (Fsp3) is 0.333. The molecule has 1 amide bonds. The van der Waals surface area contributed by atoms with Crippen molar-refractivity contribution in [3.8, 4) is 0 Å². The number of amides is 1. The predicted octanol–water partition coefficient (Wildman–Crippen LogP) is 1.58. The predicted molar refractivity (Wildman–Crippen MR) is 68.1 cm³/mol. The van der Waals surface area contributed by atoms with Crippen molar-refractivity contribution in [3.63, 3.8) is 0 Å². The van der Waals surface area contributed by atoms with Gasteiger partial charge >= 0.3 is 5.97 Å². The highest BCUT2D eigenvalue weighted by Crippen LogP contribution is 2.05. The molecular weight excluding hydrogens is 286 g/mol. The quantitative estimate of drug-likeness (QED) is 0.811. The monoisotopic (exact) mass is 299 g/mol. The summed E-state index contributed by atoms with van der Waals surface area (Å²) in [7, 11) is 0. The SMILES string of the molecule is C[C@@H](Br)C(=O)N[C@H](Cc1ccccc1)C(=O)O. The normalized spacial score (nSPS) is 13.8. The average molecular weight is 300 g/mol. The van der Waals surface area contributed by atoms with E-state index in [4.69, 9.17) is 5.11 Å². The van der Waals surface area contributed by atoms with Crippen LogP contribution in [-0.4, -0.2) is 27.9 Å². The number of hydrogen-bond donors (Lipinski definition) is 2. The minimum absolute atomic E-state index is 0.279. The number of rotatable bonds is 5. The van der Waals surface area contributed by atoms with Crippen molar-refractivity contribution in [1.29, 1.82) is 0 Å². The van der Waals surface area contributed by atoms with E-state index in [1.165, 1.54) is 0 Å². The van der Waals surface area contributed by atoms with E-state index in [-0.39, 0.29) is 12.3 Å². The van der Waals surface area contributed by atoms with Gasteiger partial charge in [0, 0.05) is 6.42 Å². The molecule has 0 saturated carbocycles. The number of benzene rings is 1. The van der Waals surface area contributed by atoms with Gasteiger partial charge in [-0.25, -0.2) is 4.79 Å². The number of aliphatic carboxylic acids is 1. The molecule has 4 nitrogen and oxygen atoms in total. The topological polar surface area (TPSA) is 66.4 Å². The molecule has 1 aromatic carbocycles. The van der Waals surface area contributed by atoms with Crippen LogP contribution in [0.15, 0.2) is 30.3 Å². The molecule has 2 N–H and O–H groups in total. The lowest BCUT2D eigenvalue weighted by Crippen LogP contribution is -2.44. The Labute approximate surface area is 108 Å². The largest absolute Gasteiger partial charge is 0.480 e. The summed E-state index contributed by atoms with van der Waals surface area (Å²) in [6.45, 7) is 1.65. The van der Waals surface area contributed by atoms with Gasteiger partial charge in [-0.3, -0.25) is 4.79 Å². The Morgan fingerprint density at radius 2 is 1.94 bits per heavy atom. The maximum atomic E-state index is 11.4. The molecule has 0 bridgehead atoms. The standard InChI is InChI=1S/C12H14BrNO3/c1-8(13)11(15)14-10(12(16)17)7-9-5-3-2-4-6-9/h2-6,8,10H,7H2,1H3,(H,14,15)(H,16,17)/t8-,10-/m1/s1. The van der Waals surface area contributed by atoms with Crippen LogP contribution in [0.1, 0.15) is 12.5 Å². The average Bonchev–Trinajstić information content (AvgIpc) is 2.29. The third-order valence-corrected chi connectivity index (χ3v) is 2.67. The van der Waals surface area contributed by atoms with Crippen molar-refractivity contribution in [2.75, 3.05) is 0 Å². The second-order valence-electron chi connectivity index (χ2n) is 3.71. The van der Waals surface area contributed by atoms with Crippen molar-refractivity contribution < 1.29 is 14.7 Å².